The lowest BCUT2D eigenvalue weighted by Crippen LogP contribution is -1.99. The second kappa shape index (κ2) is 4.09. The van der Waals surface area contributed by atoms with E-state index >= 15 is 0 Å². The summed E-state index contributed by atoms with van der Waals surface area (Å²) in [5.74, 6) is -4.86. The van der Waals surface area contributed by atoms with E-state index in [4.69, 9.17) is 0 Å². The molecule has 1 aromatic rings. The van der Waals surface area contributed by atoms with Gasteiger partial charge in [0.05, 0.1) is 0 Å². The summed E-state index contributed by atoms with van der Waals surface area (Å²) in [6.07, 6.45) is 2.58. The van der Waals surface area contributed by atoms with E-state index < -0.39 is 23.2 Å². The predicted octanol–water partition coefficient (Wildman–Crippen LogP) is 2.86. The SMILES string of the molecule is CC=CC(=O)c1cc(F)c(F)c(F)c1. The van der Waals surface area contributed by atoms with Gasteiger partial charge < -0.3 is 0 Å². The number of allylic oxidation sites excluding steroid dienone is 2. The van der Waals surface area contributed by atoms with E-state index in [-0.39, 0.29) is 5.56 Å². The number of halogens is 3. The maximum Gasteiger partial charge on any atom is 0.194 e. The number of hydrogen-bond acceptors (Lipinski definition) is 1. The summed E-state index contributed by atoms with van der Waals surface area (Å²) >= 11 is 0. The van der Waals surface area contributed by atoms with Crippen LogP contribution in [0.1, 0.15) is 17.3 Å². The summed E-state index contributed by atoms with van der Waals surface area (Å²) in [5.41, 5.74) is -0.209. The van der Waals surface area contributed by atoms with Crippen molar-refractivity contribution in [3.8, 4) is 0 Å². The Balaban J connectivity index is 3.19. The molecule has 0 N–H and O–H groups in total. The van der Waals surface area contributed by atoms with Crippen molar-refractivity contribution in [1.29, 1.82) is 0 Å². The van der Waals surface area contributed by atoms with Crippen molar-refractivity contribution in [3.63, 3.8) is 0 Å². The van der Waals surface area contributed by atoms with Crippen LogP contribution in [0.2, 0.25) is 0 Å². The maximum atomic E-state index is 12.6. The van der Waals surface area contributed by atoms with E-state index in [1.165, 1.54) is 6.08 Å². The van der Waals surface area contributed by atoms with Crippen LogP contribution in [0.25, 0.3) is 0 Å². The van der Waals surface area contributed by atoms with Crippen LogP contribution < -0.4 is 0 Å². The molecule has 0 aliphatic rings. The zero-order valence-electron chi connectivity index (χ0n) is 7.35. The third-order valence-electron chi connectivity index (χ3n) is 1.59. The Kier molecular flexibility index (Phi) is 3.06. The van der Waals surface area contributed by atoms with Crippen molar-refractivity contribution >= 4 is 5.78 Å². The molecule has 0 heterocycles. The summed E-state index contributed by atoms with van der Waals surface area (Å²) < 4.78 is 37.8. The number of carbonyl (C=O) groups excluding carboxylic acids is 1. The van der Waals surface area contributed by atoms with Gasteiger partial charge in [0.15, 0.2) is 23.2 Å². The van der Waals surface area contributed by atoms with Gasteiger partial charge >= 0.3 is 0 Å². The molecular formula is C10H7F3O. The van der Waals surface area contributed by atoms with Gasteiger partial charge in [-0.15, -0.1) is 0 Å². The summed E-state index contributed by atoms with van der Waals surface area (Å²) in [4.78, 5) is 11.1. The fourth-order valence-electron chi connectivity index (χ4n) is 0.945. The predicted molar refractivity (Wildman–Crippen MR) is 45.5 cm³/mol. The van der Waals surface area contributed by atoms with Crippen LogP contribution in [0.4, 0.5) is 13.2 Å². The Bertz CT molecular complexity index is 373. The van der Waals surface area contributed by atoms with E-state index in [9.17, 15) is 18.0 Å². The first-order chi connectivity index (χ1) is 6.56. The number of benzene rings is 1. The molecule has 0 amide bonds. The Hall–Kier alpha value is -1.58. The van der Waals surface area contributed by atoms with E-state index in [1.54, 1.807) is 6.92 Å². The van der Waals surface area contributed by atoms with Gasteiger partial charge in [-0.25, -0.2) is 13.2 Å². The minimum atomic E-state index is -1.57. The third kappa shape index (κ3) is 2.02. The monoisotopic (exact) mass is 200 g/mol. The lowest BCUT2D eigenvalue weighted by molar-refractivity contribution is 0.104. The molecule has 0 radical (unpaired) electrons. The van der Waals surface area contributed by atoms with Crippen molar-refractivity contribution in [3.05, 3.63) is 47.3 Å². The molecule has 0 aliphatic carbocycles. The fraction of sp³-hybridized carbons (Fsp3) is 0.100. The van der Waals surface area contributed by atoms with Gasteiger partial charge in [0.1, 0.15) is 0 Å². The quantitative estimate of drug-likeness (QED) is 0.407. The molecule has 0 saturated heterocycles. The Morgan fingerprint density at radius 1 is 1.21 bits per heavy atom. The van der Waals surface area contributed by atoms with Crippen molar-refractivity contribution in [1.82, 2.24) is 0 Å². The molecule has 1 nitrogen and oxygen atoms in total. The molecule has 0 aromatic heterocycles. The van der Waals surface area contributed by atoms with Crippen molar-refractivity contribution < 1.29 is 18.0 Å². The van der Waals surface area contributed by atoms with Crippen molar-refractivity contribution in [2.45, 2.75) is 6.92 Å². The molecular weight excluding hydrogens is 193 g/mol. The second-order valence-corrected chi connectivity index (χ2v) is 2.62. The smallest absolute Gasteiger partial charge is 0.194 e. The van der Waals surface area contributed by atoms with Gasteiger partial charge in [0.25, 0.3) is 0 Å². The van der Waals surface area contributed by atoms with Crippen LogP contribution in [-0.2, 0) is 0 Å². The molecule has 0 fully saturated rings. The first-order valence-electron chi connectivity index (χ1n) is 3.88. The van der Waals surface area contributed by atoms with E-state index in [2.05, 4.69) is 0 Å². The number of carbonyl (C=O) groups is 1. The molecule has 0 atom stereocenters. The highest BCUT2D eigenvalue weighted by atomic mass is 19.2. The molecule has 1 rings (SSSR count). The van der Waals surface area contributed by atoms with Crippen molar-refractivity contribution in [2.24, 2.45) is 0 Å². The highest BCUT2D eigenvalue weighted by molar-refractivity contribution is 6.04. The van der Waals surface area contributed by atoms with Gasteiger partial charge in [-0.2, -0.15) is 0 Å². The number of hydrogen-bond donors (Lipinski definition) is 0. The molecule has 0 unspecified atom stereocenters. The standard InChI is InChI=1S/C10H7F3O/c1-2-3-9(14)6-4-7(11)10(13)8(12)5-6/h2-5H,1H3. The summed E-state index contributed by atoms with van der Waals surface area (Å²) in [7, 11) is 0. The largest absolute Gasteiger partial charge is 0.289 e. The van der Waals surface area contributed by atoms with Gasteiger partial charge in [-0.05, 0) is 25.1 Å². The topological polar surface area (TPSA) is 17.1 Å². The lowest BCUT2D eigenvalue weighted by Gasteiger charge is -1.98. The third-order valence-corrected chi connectivity index (χ3v) is 1.59. The molecule has 74 valence electrons. The van der Waals surface area contributed by atoms with Gasteiger partial charge in [-0.1, -0.05) is 6.08 Å². The van der Waals surface area contributed by atoms with Crippen LogP contribution in [0, 0.1) is 17.5 Å². The average molecular weight is 200 g/mol. The molecule has 0 aliphatic heterocycles. The summed E-state index contributed by atoms with van der Waals surface area (Å²) in [6, 6.07) is 1.33. The van der Waals surface area contributed by atoms with Crippen LogP contribution in [0.15, 0.2) is 24.3 Å². The van der Waals surface area contributed by atoms with Crippen molar-refractivity contribution in [2.75, 3.05) is 0 Å². The van der Waals surface area contributed by atoms with Crippen LogP contribution in [0.5, 0.6) is 0 Å². The van der Waals surface area contributed by atoms with E-state index in [0.29, 0.717) is 12.1 Å². The Morgan fingerprint density at radius 2 is 1.71 bits per heavy atom. The average Bonchev–Trinajstić information content (AvgIpc) is 2.13. The fourth-order valence-corrected chi connectivity index (χ4v) is 0.945. The zero-order chi connectivity index (χ0) is 10.7. The molecule has 1 aromatic carbocycles. The summed E-state index contributed by atoms with van der Waals surface area (Å²) in [6.45, 7) is 1.59. The normalized spacial score (nSPS) is 10.9. The van der Waals surface area contributed by atoms with Crippen LogP contribution in [0.3, 0.4) is 0 Å². The second-order valence-electron chi connectivity index (χ2n) is 2.62. The highest BCUT2D eigenvalue weighted by Gasteiger charge is 2.12. The van der Waals surface area contributed by atoms with E-state index in [0.717, 1.165) is 6.08 Å². The zero-order valence-corrected chi connectivity index (χ0v) is 7.35. The van der Waals surface area contributed by atoms with Gasteiger partial charge in [0.2, 0.25) is 0 Å². The summed E-state index contributed by atoms with van der Waals surface area (Å²) in [5, 5.41) is 0. The lowest BCUT2D eigenvalue weighted by atomic mass is 10.1. The minimum absolute atomic E-state index is 0.209. The number of ketones is 1. The molecule has 4 heteroatoms. The van der Waals surface area contributed by atoms with Gasteiger partial charge in [-0.3, -0.25) is 4.79 Å². The van der Waals surface area contributed by atoms with Crippen LogP contribution in [-0.4, -0.2) is 5.78 Å². The molecule has 0 spiro atoms. The highest BCUT2D eigenvalue weighted by Crippen LogP contribution is 2.14. The van der Waals surface area contributed by atoms with Crippen LogP contribution >= 0.6 is 0 Å². The van der Waals surface area contributed by atoms with E-state index in [1.807, 2.05) is 0 Å². The number of rotatable bonds is 2. The Morgan fingerprint density at radius 3 is 2.14 bits per heavy atom. The molecule has 0 saturated carbocycles. The first kappa shape index (κ1) is 10.5. The molecule has 0 bridgehead atoms. The first-order valence-corrected chi connectivity index (χ1v) is 3.88. The maximum absolute atomic E-state index is 12.6. The Labute approximate surface area is 78.9 Å². The molecule has 14 heavy (non-hydrogen) atoms. The minimum Gasteiger partial charge on any atom is -0.289 e. The van der Waals surface area contributed by atoms with Gasteiger partial charge in [0, 0.05) is 5.56 Å².